The SMILES string of the molecule is C=C1NCCc2c1c1ccc(F)nc1n2C. The number of hydrogen-bond acceptors (Lipinski definition) is 2. The first-order valence-electron chi connectivity index (χ1n) is 5.25. The number of rotatable bonds is 0. The van der Waals surface area contributed by atoms with Gasteiger partial charge in [0.25, 0.3) is 0 Å². The number of halogens is 1. The highest BCUT2D eigenvalue weighted by atomic mass is 19.1. The molecule has 3 nitrogen and oxygen atoms in total. The molecule has 2 aromatic heterocycles. The van der Waals surface area contributed by atoms with E-state index in [2.05, 4.69) is 16.9 Å². The van der Waals surface area contributed by atoms with Crippen LogP contribution in [0.5, 0.6) is 0 Å². The minimum absolute atomic E-state index is 0.441. The molecular weight excluding hydrogens is 205 g/mol. The lowest BCUT2D eigenvalue weighted by Gasteiger charge is -2.17. The molecule has 0 aliphatic carbocycles. The number of nitrogens with zero attached hydrogens (tertiary/aromatic N) is 2. The lowest BCUT2D eigenvalue weighted by molar-refractivity contribution is 0.586. The summed E-state index contributed by atoms with van der Waals surface area (Å²) in [5.74, 6) is -0.441. The van der Waals surface area contributed by atoms with Crippen LogP contribution in [0.4, 0.5) is 4.39 Å². The van der Waals surface area contributed by atoms with Gasteiger partial charge in [-0.15, -0.1) is 0 Å². The number of aromatic nitrogens is 2. The van der Waals surface area contributed by atoms with Crippen LogP contribution < -0.4 is 5.32 Å². The Kier molecular flexibility index (Phi) is 1.80. The maximum Gasteiger partial charge on any atom is 0.214 e. The third kappa shape index (κ3) is 1.10. The van der Waals surface area contributed by atoms with Crippen molar-refractivity contribution < 1.29 is 4.39 Å². The largest absolute Gasteiger partial charge is 0.385 e. The van der Waals surface area contributed by atoms with Crippen LogP contribution in [-0.4, -0.2) is 16.1 Å². The zero-order valence-corrected chi connectivity index (χ0v) is 9.05. The molecule has 0 fully saturated rings. The van der Waals surface area contributed by atoms with E-state index in [1.54, 1.807) is 6.07 Å². The molecule has 3 heterocycles. The monoisotopic (exact) mass is 217 g/mol. The number of fused-ring (bicyclic) bond motifs is 3. The summed E-state index contributed by atoms with van der Waals surface area (Å²) in [5, 5.41) is 4.20. The van der Waals surface area contributed by atoms with Crippen LogP contribution in [0.15, 0.2) is 18.7 Å². The summed E-state index contributed by atoms with van der Waals surface area (Å²) in [6.07, 6.45) is 0.919. The Hall–Kier alpha value is -1.84. The maximum absolute atomic E-state index is 13.1. The van der Waals surface area contributed by atoms with Gasteiger partial charge < -0.3 is 9.88 Å². The minimum Gasteiger partial charge on any atom is -0.385 e. The fraction of sp³-hybridized carbons (Fsp3) is 0.250. The summed E-state index contributed by atoms with van der Waals surface area (Å²) in [6.45, 7) is 4.87. The standard InChI is InChI=1S/C12H12FN3/c1-7-11-8-3-4-10(13)15-12(8)16(2)9(11)5-6-14-7/h3-4,14H,1,5-6H2,2H3. The van der Waals surface area contributed by atoms with Crippen molar-refractivity contribution >= 4 is 16.7 Å². The van der Waals surface area contributed by atoms with Crippen LogP contribution in [0.2, 0.25) is 0 Å². The van der Waals surface area contributed by atoms with E-state index in [0.29, 0.717) is 5.65 Å². The Balaban J connectivity index is 2.44. The summed E-state index contributed by atoms with van der Waals surface area (Å²) in [7, 11) is 1.92. The predicted octanol–water partition coefficient (Wildman–Crippen LogP) is 1.83. The molecule has 4 heteroatoms. The second-order valence-corrected chi connectivity index (χ2v) is 4.04. The second kappa shape index (κ2) is 3.07. The summed E-state index contributed by atoms with van der Waals surface area (Å²) in [4.78, 5) is 3.94. The van der Waals surface area contributed by atoms with E-state index in [1.165, 1.54) is 11.8 Å². The lowest BCUT2D eigenvalue weighted by Crippen LogP contribution is -2.22. The van der Waals surface area contributed by atoms with Gasteiger partial charge in [-0.1, -0.05) is 6.58 Å². The number of aryl methyl sites for hydroxylation is 1. The molecular formula is C12H12FN3. The van der Waals surface area contributed by atoms with Gasteiger partial charge in [0.15, 0.2) is 0 Å². The average molecular weight is 217 g/mol. The highest BCUT2D eigenvalue weighted by molar-refractivity contribution is 5.92. The molecule has 0 unspecified atom stereocenters. The van der Waals surface area contributed by atoms with Crippen molar-refractivity contribution in [1.82, 2.24) is 14.9 Å². The lowest BCUT2D eigenvalue weighted by atomic mass is 10.0. The highest BCUT2D eigenvalue weighted by Crippen LogP contribution is 2.30. The quantitative estimate of drug-likeness (QED) is 0.682. The zero-order chi connectivity index (χ0) is 11.3. The van der Waals surface area contributed by atoms with Crippen LogP contribution in [0.1, 0.15) is 11.3 Å². The van der Waals surface area contributed by atoms with E-state index < -0.39 is 5.95 Å². The normalized spacial score (nSPS) is 15.0. The van der Waals surface area contributed by atoms with Crippen LogP contribution in [0.3, 0.4) is 0 Å². The van der Waals surface area contributed by atoms with Gasteiger partial charge in [0.1, 0.15) is 5.65 Å². The van der Waals surface area contributed by atoms with Gasteiger partial charge in [-0.3, -0.25) is 0 Å². The van der Waals surface area contributed by atoms with Gasteiger partial charge in [0.05, 0.1) is 0 Å². The first kappa shape index (κ1) is 9.39. The van der Waals surface area contributed by atoms with Crippen LogP contribution in [-0.2, 0) is 13.5 Å². The first-order chi connectivity index (χ1) is 7.68. The van der Waals surface area contributed by atoms with Crippen molar-refractivity contribution in [3.05, 3.63) is 35.9 Å². The number of hydrogen-bond donors (Lipinski definition) is 1. The molecule has 2 aromatic rings. The molecule has 0 saturated carbocycles. The Labute approximate surface area is 92.6 Å². The van der Waals surface area contributed by atoms with Crippen molar-refractivity contribution in [3.63, 3.8) is 0 Å². The highest BCUT2D eigenvalue weighted by Gasteiger charge is 2.21. The molecule has 82 valence electrons. The molecule has 16 heavy (non-hydrogen) atoms. The Morgan fingerprint density at radius 2 is 2.31 bits per heavy atom. The van der Waals surface area contributed by atoms with Crippen molar-refractivity contribution in [2.45, 2.75) is 6.42 Å². The smallest absolute Gasteiger partial charge is 0.214 e. The first-order valence-corrected chi connectivity index (χ1v) is 5.25. The third-order valence-electron chi connectivity index (χ3n) is 3.12. The van der Waals surface area contributed by atoms with Gasteiger partial charge >= 0.3 is 0 Å². The van der Waals surface area contributed by atoms with E-state index in [0.717, 1.165) is 29.6 Å². The van der Waals surface area contributed by atoms with E-state index in [4.69, 9.17) is 0 Å². The van der Waals surface area contributed by atoms with Crippen LogP contribution >= 0.6 is 0 Å². The van der Waals surface area contributed by atoms with Gasteiger partial charge in [-0.05, 0) is 12.1 Å². The second-order valence-electron chi connectivity index (χ2n) is 4.04. The van der Waals surface area contributed by atoms with E-state index in [1.807, 2.05) is 11.6 Å². The fourth-order valence-corrected chi connectivity index (χ4v) is 2.38. The van der Waals surface area contributed by atoms with E-state index in [9.17, 15) is 4.39 Å². The fourth-order valence-electron chi connectivity index (χ4n) is 2.38. The van der Waals surface area contributed by atoms with Gasteiger partial charge in [0.2, 0.25) is 5.95 Å². The van der Waals surface area contributed by atoms with Gasteiger partial charge in [0, 0.05) is 42.4 Å². The summed E-state index contributed by atoms with van der Waals surface area (Å²) >= 11 is 0. The van der Waals surface area contributed by atoms with Gasteiger partial charge in [-0.25, -0.2) is 4.98 Å². The average Bonchev–Trinajstić information content (AvgIpc) is 2.55. The molecule has 0 aromatic carbocycles. The van der Waals surface area contributed by atoms with Crippen molar-refractivity contribution in [1.29, 1.82) is 0 Å². The van der Waals surface area contributed by atoms with Crippen molar-refractivity contribution in [2.75, 3.05) is 6.54 Å². The zero-order valence-electron chi connectivity index (χ0n) is 9.05. The molecule has 0 bridgehead atoms. The summed E-state index contributed by atoms with van der Waals surface area (Å²) < 4.78 is 15.1. The maximum atomic E-state index is 13.1. The topological polar surface area (TPSA) is 29.9 Å². The number of nitrogens with one attached hydrogen (secondary N) is 1. The summed E-state index contributed by atoms with van der Waals surface area (Å²) in [5.41, 5.74) is 3.85. The summed E-state index contributed by atoms with van der Waals surface area (Å²) in [6, 6.07) is 3.17. The molecule has 1 aliphatic heterocycles. The van der Waals surface area contributed by atoms with Crippen LogP contribution in [0, 0.1) is 5.95 Å². The molecule has 1 N–H and O–H groups in total. The van der Waals surface area contributed by atoms with Crippen molar-refractivity contribution in [3.8, 4) is 0 Å². The minimum atomic E-state index is -0.441. The number of pyridine rings is 1. The molecule has 3 rings (SSSR count). The van der Waals surface area contributed by atoms with E-state index >= 15 is 0 Å². The van der Waals surface area contributed by atoms with Gasteiger partial charge in [-0.2, -0.15) is 4.39 Å². The molecule has 0 amide bonds. The molecule has 0 saturated heterocycles. The molecule has 0 radical (unpaired) electrons. The van der Waals surface area contributed by atoms with Crippen molar-refractivity contribution in [2.24, 2.45) is 7.05 Å². The third-order valence-corrected chi connectivity index (χ3v) is 3.12. The van der Waals surface area contributed by atoms with E-state index in [-0.39, 0.29) is 0 Å². The Bertz CT molecular complexity index is 598. The van der Waals surface area contributed by atoms with Crippen LogP contribution in [0.25, 0.3) is 16.7 Å². The molecule has 0 spiro atoms. The predicted molar refractivity (Wildman–Crippen MR) is 61.4 cm³/mol. The Morgan fingerprint density at radius 1 is 1.50 bits per heavy atom. The Morgan fingerprint density at radius 3 is 3.12 bits per heavy atom. The molecule has 1 aliphatic rings. The molecule has 0 atom stereocenters.